The van der Waals surface area contributed by atoms with Crippen molar-refractivity contribution in [2.75, 3.05) is 31.6 Å². The number of fused-ring (bicyclic) bond motifs is 3. The summed E-state index contributed by atoms with van der Waals surface area (Å²) in [6.07, 6.45) is 0.905. The molecular weight excluding hydrogens is 516 g/mol. The van der Waals surface area contributed by atoms with Crippen molar-refractivity contribution >= 4 is 50.4 Å². The minimum atomic E-state index is -3.66. The van der Waals surface area contributed by atoms with Crippen LogP contribution in [0.3, 0.4) is 0 Å². The number of morpholine rings is 1. The van der Waals surface area contributed by atoms with Crippen LogP contribution in [0.25, 0.3) is 11.1 Å². The first-order valence-corrected chi connectivity index (χ1v) is 13.8. The van der Waals surface area contributed by atoms with Gasteiger partial charge >= 0.3 is 0 Å². The molecule has 2 aliphatic rings. The number of nitrogens with one attached hydrogen (secondary N) is 2. The van der Waals surface area contributed by atoms with Crippen LogP contribution < -0.4 is 10.7 Å². The summed E-state index contributed by atoms with van der Waals surface area (Å²) in [5, 5.41) is 7.92. The predicted octanol–water partition coefficient (Wildman–Crippen LogP) is 4.64. The summed E-state index contributed by atoms with van der Waals surface area (Å²) in [5.74, 6) is 0. The standard InChI is InChI=1S/C26H25ClN4O3S2/c1-17(18-6-8-23-20(14-18)15-19-4-2-3-5-22(19)23)29-30-26(35)28-25-16-21(7-9-24(25)27)36(32,33)31-10-12-34-13-11-31/h2-9,14,16H,10-13,15H2,1H3,(H2,28,30,35)/b29-17+. The van der Waals surface area contributed by atoms with Gasteiger partial charge in [0.05, 0.1) is 34.5 Å². The Kier molecular flexibility index (Phi) is 7.09. The van der Waals surface area contributed by atoms with E-state index < -0.39 is 10.0 Å². The summed E-state index contributed by atoms with van der Waals surface area (Å²) >= 11 is 11.7. The molecule has 7 nitrogen and oxygen atoms in total. The fourth-order valence-electron chi connectivity index (χ4n) is 4.42. The van der Waals surface area contributed by atoms with E-state index >= 15 is 0 Å². The van der Waals surface area contributed by atoms with Crippen LogP contribution in [-0.2, 0) is 21.2 Å². The molecule has 1 aliphatic carbocycles. The monoisotopic (exact) mass is 540 g/mol. The molecule has 5 rings (SSSR count). The highest BCUT2D eigenvalue weighted by molar-refractivity contribution is 7.89. The summed E-state index contributed by atoms with van der Waals surface area (Å²) in [5.41, 5.74) is 10.1. The van der Waals surface area contributed by atoms with Crippen LogP contribution in [-0.4, -0.2) is 49.9 Å². The Morgan fingerprint density at radius 1 is 1.03 bits per heavy atom. The molecule has 0 amide bonds. The van der Waals surface area contributed by atoms with Crippen molar-refractivity contribution in [2.24, 2.45) is 5.10 Å². The number of anilines is 1. The van der Waals surface area contributed by atoms with Crippen molar-refractivity contribution in [2.45, 2.75) is 18.2 Å². The number of nitrogens with zero attached hydrogens (tertiary/aromatic N) is 2. The fourth-order valence-corrected chi connectivity index (χ4v) is 6.17. The van der Waals surface area contributed by atoms with Crippen molar-refractivity contribution in [1.29, 1.82) is 0 Å². The Balaban J connectivity index is 1.27. The predicted molar refractivity (Wildman–Crippen MR) is 147 cm³/mol. The molecule has 0 radical (unpaired) electrons. The third kappa shape index (κ3) is 5.02. The molecule has 0 saturated carbocycles. The molecule has 1 aliphatic heterocycles. The van der Waals surface area contributed by atoms with Gasteiger partial charge in [-0.3, -0.25) is 5.43 Å². The Hall–Kier alpha value is -2.82. The van der Waals surface area contributed by atoms with Crippen LogP contribution in [0.5, 0.6) is 0 Å². The minimum Gasteiger partial charge on any atom is -0.379 e. The molecule has 3 aromatic carbocycles. The third-order valence-electron chi connectivity index (χ3n) is 6.33. The molecule has 186 valence electrons. The van der Waals surface area contributed by atoms with Crippen molar-refractivity contribution < 1.29 is 13.2 Å². The number of ether oxygens (including phenoxy) is 1. The quantitative estimate of drug-likeness (QED) is 0.218. The Labute approximate surface area is 221 Å². The molecule has 0 bridgehead atoms. The topological polar surface area (TPSA) is 83.0 Å². The zero-order valence-corrected chi connectivity index (χ0v) is 22.0. The SMILES string of the molecule is C/C(=N\NC(=S)Nc1cc(S(=O)(=O)N2CCOCC2)ccc1Cl)c1ccc2c(c1)Cc1ccccc1-2. The Morgan fingerprint density at radius 3 is 2.58 bits per heavy atom. The minimum absolute atomic E-state index is 0.137. The third-order valence-corrected chi connectivity index (χ3v) is 8.75. The largest absolute Gasteiger partial charge is 0.379 e. The molecule has 1 fully saturated rings. The van der Waals surface area contributed by atoms with Gasteiger partial charge in [0.15, 0.2) is 5.11 Å². The molecule has 1 saturated heterocycles. The average molecular weight is 541 g/mol. The van der Waals surface area contributed by atoms with Gasteiger partial charge in [-0.1, -0.05) is 48.0 Å². The second-order valence-corrected chi connectivity index (χ2v) is 11.4. The molecule has 0 atom stereocenters. The van der Waals surface area contributed by atoms with E-state index in [4.69, 9.17) is 28.6 Å². The molecule has 36 heavy (non-hydrogen) atoms. The fraction of sp³-hybridized carbons (Fsp3) is 0.231. The van der Waals surface area contributed by atoms with Crippen LogP contribution in [0, 0.1) is 0 Å². The highest BCUT2D eigenvalue weighted by Gasteiger charge is 2.27. The summed E-state index contributed by atoms with van der Waals surface area (Å²) < 4.78 is 32.6. The van der Waals surface area contributed by atoms with Gasteiger partial charge in [-0.15, -0.1) is 0 Å². The van der Waals surface area contributed by atoms with E-state index in [1.165, 1.54) is 44.8 Å². The maximum atomic E-state index is 13.0. The molecule has 3 aromatic rings. The lowest BCUT2D eigenvalue weighted by Gasteiger charge is -2.26. The van der Waals surface area contributed by atoms with Gasteiger partial charge in [0.1, 0.15) is 0 Å². The van der Waals surface area contributed by atoms with Crippen LogP contribution >= 0.6 is 23.8 Å². The first-order chi connectivity index (χ1) is 17.3. The number of hydrogen-bond acceptors (Lipinski definition) is 5. The van der Waals surface area contributed by atoms with Crippen molar-refractivity contribution in [3.63, 3.8) is 0 Å². The Morgan fingerprint density at radius 2 is 1.78 bits per heavy atom. The van der Waals surface area contributed by atoms with Crippen LogP contribution in [0.15, 0.2) is 70.7 Å². The second-order valence-electron chi connectivity index (χ2n) is 8.63. The molecule has 0 spiro atoms. The first-order valence-electron chi connectivity index (χ1n) is 11.5. The van der Waals surface area contributed by atoms with Gasteiger partial charge in [0.25, 0.3) is 0 Å². The zero-order valence-electron chi connectivity index (χ0n) is 19.6. The van der Waals surface area contributed by atoms with Gasteiger partial charge in [0.2, 0.25) is 10.0 Å². The van der Waals surface area contributed by atoms with E-state index in [0.29, 0.717) is 37.0 Å². The van der Waals surface area contributed by atoms with Gasteiger partial charge < -0.3 is 10.1 Å². The Bertz CT molecular complexity index is 1470. The number of thiocarbonyl (C=S) groups is 1. The average Bonchev–Trinajstić information content (AvgIpc) is 3.27. The molecule has 1 heterocycles. The van der Waals surface area contributed by atoms with Gasteiger partial charge in [0, 0.05) is 13.1 Å². The number of benzene rings is 3. The van der Waals surface area contributed by atoms with Gasteiger partial charge in [-0.05, 0) is 77.6 Å². The summed E-state index contributed by atoms with van der Waals surface area (Å²) in [7, 11) is -3.66. The highest BCUT2D eigenvalue weighted by Crippen LogP contribution is 2.36. The molecule has 2 N–H and O–H groups in total. The number of rotatable bonds is 5. The van der Waals surface area contributed by atoms with E-state index in [1.54, 1.807) is 0 Å². The first kappa shape index (κ1) is 24.9. The molecule has 0 aromatic heterocycles. The van der Waals surface area contributed by atoms with E-state index in [0.717, 1.165) is 17.7 Å². The van der Waals surface area contributed by atoms with Crippen LogP contribution in [0.4, 0.5) is 5.69 Å². The highest BCUT2D eigenvalue weighted by atomic mass is 35.5. The number of halogens is 1. The van der Waals surface area contributed by atoms with Gasteiger partial charge in [-0.2, -0.15) is 9.41 Å². The molecule has 0 unspecified atom stereocenters. The van der Waals surface area contributed by atoms with Crippen molar-refractivity contribution in [3.8, 4) is 11.1 Å². The maximum Gasteiger partial charge on any atom is 0.243 e. The van der Waals surface area contributed by atoms with Crippen LogP contribution in [0.2, 0.25) is 5.02 Å². The van der Waals surface area contributed by atoms with E-state index in [1.807, 2.05) is 6.92 Å². The molecule has 10 heteroatoms. The summed E-state index contributed by atoms with van der Waals surface area (Å²) in [6, 6.07) is 19.3. The van der Waals surface area contributed by atoms with E-state index in [9.17, 15) is 8.42 Å². The zero-order chi connectivity index (χ0) is 25.3. The molecular formula is C26H25ClN4O3S2. The lowest BCUT2D eigenvalue weighted by Crippen LogP contribution is -2.40. The van der Waals surface area contributed by atoms with Crippen molar-refractivity contribution in [1.82, 2.24) is 9.73 Å². The normalized spacial score (nSPS) is 15.8. The smallest absolute Gasteiger partial charge is 0.243 e. The van der Waals surface area contributed by atoms with E-state index in [-0.39, 0.29) is 10.0 Å². The number of hydrogen-bond donors (Lipinski definition) is 2. The maximum absolute atomic E-state index is 13.0. The van der Waals surface area contributed by atoms with E-state index in [2.05, 4.69) is 58.3 Å². The lowest BCUT2D eigenvalue weighted by molar-refractivity contribution is 0.0730. The number of hydrazone groups is 1. The number of sulfonamides is 1. The summed E-state index contributed by atoms with van der Waals surface area (Å²) in [4.78, 5) is 0.137. The van der Waals surface area contributed by atoms with Gasteiger partial charge in [-0.25, -0.2) is 8.42 Å². The lowest BCUT2D eigenvalue weighted by atomic mass is 10.0. The van der Waals surface area contributed by atoms with Crippen molar-refractivity contribution in [3.05, 3.63) is 82.4 Å². The summed E-state index contributed by atoms with van der Waals surface area (Å²) in [6.45, 7) is 3.29. The second kappa shape index (κ2) is 10.3. The van der Waals surface area contributed by atoms with Crippen LogP contribution in [0.1, 0.15) is 23.6 Å².